The number of nitrogens with one attached hydrogen (secondary N) is 2. The van der Waals surface area contributed by atoms with E-state index in [1.807, 2.05) is 30.3 Å². The third-order valence-corrected chi connectivity index (χ3v) is 5.22. The fourth-order valence-electron chi connectivity index (χ4n) is 2.81. The highest BCUT2D eigenvalue weighted by Crippen LogP contribution is 2.35. The Morgan fingerprint density at radius 1 is 1.12 bits per heavy atom. The first-order valence-corrected chi connectivity index (χ1v) is 9.82. The summed E-state index contributed by atoms with van der Waals surface area (Å²) < 4.78 is 1.07. The first-order chi connectivity index (χ1) is 12.0. The molecule has 1 saturated heterocycles. The standard InChI is InChI=1S/C18H17ClIN3OS/c19-14-4-3-5-15(16(14)23-10-1-2-11-23)21-18(25)22-17(24)12-6-8-13(20)9-7-12/h3-9H,1-2,10-11H2,(H2,21,22,24,25). The molecule has 0 radical (unpaired) electrons. The van der Waals surface area contributed by atoms with E-state index in [4.69, 9.17) is 23.8 Å². The molecule has 2 N–H and O–H groups in total. The number of amides is 1. The monoisotopic (exact) mass is 485 g/mol. The summed E-state index contributed by atoms with van der Waals surface area (Å²) in [6.45, 7) is 1.94. The molecule has 2 aromatic carbocycles. The van der Waals surface area contributed by atoms with Crippen LogP contribution in [0.25, 0.3) is 0 Å². The van der Waals surface area contributed by atoms with E-state index in [9.17, 15) is 4.79 Å². The molecule has 0 unspecified atom stereocenters. The zero-order chi connectivity index (χ0) is 17.8. The lowest BCUT2D eigenvalue weighted by atomic mass is 10.2. The summed E-state index contributed by atoms with van der Waals surface area (Å²) in [4.78, 5) is 14.5. The van der Waals surface area contributed by atoms with Crippen LogP contribution in [0.4, 0.5) is 11.4 Å². The summed E-state index contributed by atoms with van der Waals surface area (Å²) in [5.41, 5.74) is 2.31. The topological polar surface area (TPSA) is 44.4 Å². The van der Waals surface area contributed by atoms with Crippen LogP contribution in [0.1, 0.15) is 23.2 Å². The molecule has 0 spiro atoms. The Labute approximate surface area is 171 Å². The first kappa shape index (κ1) is 18.4. The molecular weight excluding hydrogens is 469 g/mol. The lowest BCUT2D eigenvalue weighted by Gasteiger charge is -2.23. The lowest BCUT2D eigenvalue weighted by Crippen LogP contribution is -2.34. The Morgan fingerprint density at radius 2 is 1.80 bits per heavy atom. The largest absolute Gasteiger partial charge is 0.369 e. The molecule has 3 rings (SSSR count). The molecule has 1 aliphatic heterocycles. The second-order valence-electron chi connectivity index (χ2n) is 5.75. The van der Waals surface area contributed by atoms with Crippen LogP contribution in [0.5, 0.6) is 0 Å². The number of carbonyl (C=O) groups excluding carboxylic acids is 1. The SMILES string of the molecule is O=C(NC(=S)Nc1cccc(Cl)c1N1CCCC1)c1ccc(I)cc1. The lowest BCUT2D eigenvalue weighted by molar-refractivity contribution is 0.0977. The fourth-order valence-corrected chi connectivity index (χ4v) is 3.66. The third-order valence-electron chi connectivity index (χ3n) is 3.99. The van der Waals surface area contributed by atoms with Gasteiger partial charge in [0.05, 0.1) is 16.4 Å². The molecule has 1 amide bonds. The third kappa shape index (κ3) is 4.62. The van der Waals surface area contributed by atoms with Gasteiger partial charge in [0, 0.05) is 22.2 Å². The van der Waals surface area contributed by atoms with Crippen molar-refractivity contribution in [1.29, 1.82) is 0 Å². The molecule has 0 aromatic heterocycles. The summed E-state index contributed by atoms with van der Waals surface area (Å²) in [6.07, 6.45) is 2.30. The highest BCUT2D eigenvalue weighted by molar-refractivity contribution is 14.1. The van der Waals surface area contributed by atoms with E-state index in [2.05, 4.69) is 38.1 Å². The van der Waals surface area contributed by atoms with Gasteiger partial charge >= 0.3 is 0 Å². The molecule has 1 heterocycles. The molecule has 1 fully saturated rings. The predicted molar refractivity (Wildman–Crippen MR) is 116 cm³/mol. The average molecular weight is 486 g/mol. The van der Waals surface area contributed by atoms with Crippen LogP contribution >= 0.6 is 46.4 Å². The van der Waals surface area contributed by atoms with Crippen molar-refractivity contribution in [3.8, 4) is 0 Å². The Kier molecular flexibility index (Phi) is 6.14. The Hall–Kier alpha value is -1.38. The van der Waals surface area contributed by atoms with E-state index in [1.165, 1.54) is 0 Å². The number of benzene rings is 2. The number of hydrogen-bond donors (Lipinski definition) is 2. The van der Waals surface area contributed by atoms with Crippen molar-refractivity contribution in [3.05, 3.63) is 56.6 Å². The second kappa shape index (κ2) is 8.33. The van der Waals surface area contributed by atoms with Gasteiger partial charge in [-0.1, -0.05) is 17.7 Å². The molecule has 2 aromatic rings. The molecule has 130 valence electrons. The minimum atomic E-state index is -0.237. The molecule has 25 heavy (non-hydrogen) atoms. The second-order valence-corrected chi connectivity index (χ2v) is 7.81. The van der Waals surface area contributed by atoms with Crippen molar-refractivity contribution in [2.24, 2.45) is 0 Å². The van der Waals surface area contributed by atoms with Crippen molar-refractivity contribution in [3.63, 3.8) is 0 Å². The summed E-state index contributed by atoms with van der Waals surface area (Å²) in [5.74, 6) is -0.237. The van der Waals surface area contributed by atoms with Crippen LogP contribution in [-0.4, -0.2) is 24.1 Å². The van der Waals surface area contributed by atoms with Gasteiger partial charge in [0.25, 0.3) is 5.91 Å². The minimum absolute atomic E-state index is 0.237. The molecule has 0 atom stereocenters. The van der Waals surface area contributed by atoms with Gasteiger partial charge < -0.3 is 10.2 Å². The summed E-state index contributed by atoms with van der Waals surface area (Å²) in [5, 5.41) is 6.77. The summed E-state index contributed by atoms with van der Waals surface area (Å²) in [6, 6.07) is 13.0. The van der Waals surface area contributed by atoms with Gasteiger partial charge in [-0.15, -0.1) is 0 Å². The van der Waals surface area contributed by atoms with Crippen LogP contribution in [0.3, 0.4) is 0 Å². The number of hydrogen-bond acceptors (Lipinski definition) is 3. The van der Waals surface area contributed by atoms with Crippen molar-refractivity contribution >= 4 is 68.8 Å². The molecule has 0 bridgehead atoms. The number of carbonyl (C=O) groups is 1. The molecule has 4 nitrogen and oxygen atoms in total. The first-order valence-electron chi connectivity index (χ1n) is 7.96. The van der Waals surface area contributed by atoms with Crippen molar-refractivity contribution in [2.75, 3.05) is 23.3 Å². The Balaban J connectivity index is 1.71. The van der Waals surface area contributed by atoms with E-state index in [1.54, 1.807) is 12.1 Å². The van der Waals surface area contributed by atoms with Crippen molar-refractivity contribution in [1.82, 2.24) is 5.32 Å². The van der Waals surface area contributed by atoms with Gasteiger partial charge in [0.2, 0.25) is 0 Å². The number of rotatable bonds is 3. The molecule has 0 aliphatic carbocycles. The maximum atomic E-state index is 12.3. The van der Waals surface area contributed by atoms with Crippen LogP contribution in [0.15, 0.2) is 42.5 Å². The fraction of sp³-hybridized carbons (Fsp3) is 0.222. The van der Waals surface area contributed by atoms with E-state index in [0.29, 0.717) is 10.6 Å². The number of anilines is 2. The molecule has 0 saturated carbocycles. The van der Waals surface area contributed by atoms with E-state index >= 15 is 0 Å². The molecular formula is C18H17ClIN3OS. The van der Waals surface area contributed by atoms with Gasteiger partial charge in [-0.05, 0) is 84.0 Å². The summed E-state index contributed by atoms with van der Waals surface area (Å²) >= 11 is 13.9. The van der Waals surface area contributed by atoms with Gasteiger partial charge in [-0.25, -0.2) is 0 Å². The van der Waals surface area contributed by atoms with Gasteiger partial charge in [-0.2, -0.15) is 0 Å². The van der Waals surface area contributed by atoms with Crippen LogP contribution in [-0.2, 0) is 0 Å². The number of nitrogens with zero attached hydrogens (tertiary/aromatic N) is 1. The zero-order valence-electron chi connectivity index (χ0n) is 13.4. The van der Waals surface area contributed by atoms with Crippen LogP contribution < -0.4 is 15.5 Å². The summed E-state index contributed by atoms with van der Waals surface area (Å²) in [7, 11) is 0. The van der Waals surface area contributed by atoms with E-state index in [0.717, 1.165) is 40.9 Å². The average Bonchev–Trinajstić information content (AvgIpc) is 3.09. The van der Waals surface area contributed by atoms with Crippen molar-refractivity contribution < 1.29 is 4.79 Å². The van der Waals surface area contributed by atoms with Gasteiger partial charge in [0.1, 0.15) is 0 Å². The van der Waals surface area contributed by atoms with E-state index in [-0.39, 0.29) is 11.0 Å². The maximum absolute atomic E-state index is 12.3. The van der Waals surface area contributed by atoms with Crippen LogP contribution in [0.2, 0.25) is 5.02 Å². The quantitative estimate of drug-likeness (QED) is 0.490. The maximum Gasteiger partial charge on any atom is 0.257 e. The Morgan fingerprint density at radius 3 is 2.48 bits per heavy atom. The predicted octanol–water partition coefficient (Wildman–Crippen LogP) is 4.67. The number of halogens is 2. The van der Waals surface area contributed by atoms with Gasteiger partial charge in [-0.3, -0.25) is 10.1 Å². The molecule has 1 aliphatic rings. The van der Waals surface area contributed by atoms with Gasteiger partial charge in [0.15, 0.2) is 5.11 Å². The van der Waals surface area contributed by atoms with Crippen LogP contribution in [0, 0.1) is 3.57 Å². The highest BCUT2D eigenvalue weighted by atomic mass is 127. The minimum Gasteiger partial charge on any atom is -0.369 e. The highest BCUT2D eigenvalue weighted by Gasteiger charge is 2.19. The number of para-hydroxylation sites is 1. The zero-order valence-corrected chi connectivity index (χ0v) is 17.1. The Bertz CT molecular complexity index is 791. The smallest absolute Gasteiger partial charge is 0.257 e. The number of thiocarbonyl (C=S) groups is 1. The van der Waals surface area contributed by atoms with E-state index < -0.39 is 0 Å². The molecule has 7 heteroatoms. The van der Waals surface area contributed by atoms with Crippen molar-refractivity contribution in [2.45, 2.75) is 12.8 Å². The normalized spacial score (nSPS) is 13.6.